The highest BCUT2D eigenvalue weighted by Crippen LogP contribution is 2.60. The van der Waals surface area contributed by atoms with Crippen molar-refractivity contribution in [3.05, 3.63) is 11.1 Å². The average Bonchev–Trinajstić information content (AvgIpc) is 2.12. The Morgan fingerprint density at radius 3 is 1.59 bits per heavy atom. The molecule has 0 amide bonds. The van der Waals surface area contributed by atoms with Crippen molar-refractivity contribution in [3.63, 3.8) is 0 Å². The Labute approximate surface area is 104 Å². The molecule has 0 aliphatic rings. The second kappa shape index (κ2) is 6.67. The molecule has 0 heterocycles. The van der Waals surface area contributed by atoms with E-state index in [1.807, 2.05) is 13.8 Å². The van der Waals surface area contributed by atoms with Crippen molar-refractivity contribution in [2.75, 3.05) is 0 Å². The molecule has 0 spiro atoms. The molecule has 5 heteroatoms. The monoisotopic (exact) mass is 266 g/mol. The van der Waals surface area contributed by atoms with E-state index >= 15 is 0 Å². The lowest BCUT2D eigenvalue weighted by Crippen LogP contribution is -2.09. The van der Waals surface area contributed by atoms with Crippen molar-refractivity contribution in [2.45, 2.75) is 60.7 Å². The van der Waals surface area contributed by atoms with Crippen LogP contribution in [-0.4, -0.2) is 12.2 Å². The van der Waals surface area contributed by atoms with Gasteiger partial charge in [-0.3, -0.25) is 4.57 Å². The van der Waals surface area contributed by atoms with E-state index in [1.165, 1.54) is 0 Å². The van der Waals surface area contributed by atoms with Gasteiger partial charge in [0.2, 0.25) is 5.57 Å². The molecule has 0 unspecified atom stereocenters. The number of hydrogen-bond donors (Lipinski definition) is 0. The summed E-state index contributed by atoms with van der Waals surface area (Å²) in [5.74, 6) is -0.0325. The summed E-state index contributed by atoms with van der Waals surface area (Å²) < 4.78 is 37.0. The first kappa shape index (κ1) is 16.8. The SMILES string of the molecule is C/C(=C(/F)P(=O)(OC(C)C)OC(C)C)C(C)C. The number of allylic oxidation sites excluding steroid dienone is 1. The normalized spacial score (nSPS) is 14.8. The van der Waals surface area contributed by atoms with Crippen LogP contribution in [0.4, 0.5) is 4.39 Å². The molecule has 0 saturated heterocycles. The minimum atomic E-state index is -3.82. The lowest BCUT2D eigenvalue weighted by molar-refractivity contribution is 0.142. The molecule has 0 atom stereocenters. The summed E-state index contributed by atoms with van der Waals surface area (Å²) in [6, 6.07) is 0. The fraction of sp³-hybridized carbons (Fsp3) is 0.833. The van der Waals surface area contributed by atoms with Crippen LogP contribution in [0.3, 0.4) is 0 Å². The third-order valence-corrected chi connectivity index (χ3v) is 4.36. The largest absolute Gasteiger partial charge is 0.389 e. The molecule has 102 valence electrons. The van der Waals surface area contributed by atoms with Crippen LogP contribution >= 0.6 is 7.60 Å². The fourth-order valence-corrected chi connectivity index (χ4v) is 3.16. The van der Waals surface area contributed by atoms with Gasteiger partial charge in [-0.25, -0.2) is 0 Å². The summed E-state index contributed by atoms with van der Waals surface area (Å²) in [5, 5.41) is 0. The van der Waals surface area contributed by atoms with Gasteiger partial charge in [0.05, 0.1) is 12.2 Å². The van der Waals surface area contributed by atoms with E-state index < -0.39 is 13.2 Å². The predicted molar refractivity (Wildman–Crippen MR) is 68.7 cm³/mol. The van der Waals surface area contributed by atoms with Gasteiger partial charge in [0.1, 0.15) is 0 Å². The minimum absolute atomic E-state index is 0.0325. The van der Waals surface area contributed by atoms with Gasteiger partial charge in [-0.05, 0) is 46.1 Å². The lowest BCUT2D eigenvalue weighted by Gasteiger charge is -2.23. The number of rotatable bonds is 6. The van der Waals surface area contributed by atoms with E-state index in [0.29, 0.717) is 5.57 Å². The average molecular weight is 266 g/mol. The van der Waals surface area contributed by atoms with Crippen molar-refractivity contribution < 1.29 is 18.0 Å². The molecule has 17 heavy (non-hydrogen) atoms. The highest BCUT2D eigenvalue weighted by Gasteiger charge is 2.35. The van der Waals surface area contributed by atoms with Crippen LogP contribution in [0.2, 0.25) is 0 Å². The van der Waals surface area contributed by atoms with E-state index in [4.69, 9.17) is 9.05 Å². The van der Waals surface area contributed by atoms with Crippen LogP contribution in [0.5, 0.6) is 0 Å². The Bertz CT molecular complexity index is 308. The summed E-state index contributed by atoms with van der Waals surface area (Å²) in [6.07, 6.45) is -0.712. The van der Waals surface area contributed by atoms with Gasteiger partial charge in [-0.2, -0.15) is 4.39 Å². The first-order valence-electron chi connectivity index (χ1n) is 5.93. The maximum absolute atomic E-state index is 14.2. The van der Waals surface area contributed by atoms with Gasteiger partial charge in [-0.15, -0.1) is 0 Å². The Hall–Kier alpha value is -0.180. The molecule has 0 aromatic rings. The molecule has 0 aromatic heterocycles. The molecule has 3 nitrogen and oxygen atoms in total. The summed E-state index contributed by atoms with van der Waals surface area (Å²) in [6.45, 7) is 12.1. The van der Waals surface area contributed by atoms with Gasteiger partial charge in [0.25, 0.3) is 0 Å². The molecule has 0 bridgehead atoms. The Morgan fingerprint density at radius 1 is 1.00 bits per heavy atom. The summed E-state index contributed by atoms with van der Waals surface area (Å²) in [7, 11) is -3.82. The second-order valence-electron chi connectivity index (χ2n) is 4.93. The van der Waals surface area contributed by atoms with Crippen LogP contribution in [0.15, 0.2) is 11.1 Å². The van der Waals surface area contributed by atoms with E-state index in [0.717, 1.165) is 0 Å². The second-order valence-corrected chi connectivity index (χ2v) is 6.74. The topological polar surface area (TPSA) is 35.5 Å². The Kier molecular flexibility index (Phi) is 6.60. The zero-order valence-corrected chi connectivity index (χ0v) is 12.7. The molecule has 0 saturated carbocycles. The van der Waals surface area contributed by atoms with Gasteiger partial charge in [0, 0.05) is 0 Å². The highest BCUT2D eigenvalue weighted by molar-refractivity contribution is 7.58. The van der Waals surface area contributed by atoms with Crippen LogP contribution in [0, 0.1) is 5.92 Å². The van der Waals surface area contributed by atoms with E-state index in [2.05, 4.69) is 0 Å². The van der Waals surface area contributed by atoms with Crippen molar-refractivity contribution in [1.82, 2.24) is 0 Å². The molecule has 0 aliphatic heterocycles. The smallest absolute Gasteiger partial charge is 0.301 e. The lowest BCUT2D eigenvalue weighted by atomic mass is 10.1. The quantitative estimate of drug-likeness (QED) is 0.642. The summed E-state index contributed by atoms with van der Waals surface area (Å²) >= 11 is 0. The van der Waals surface area contributed by atoms with Crippen molar-refractivity contribution in [3.8, 4) is 0 Å². The van der Waals surface area contributed by atoms with Gasteiger partial charge >= 0.3 is 7.60 Å². The zero-order valence-electron chi connectivity index (χ0n) is 11.8. The van der Waals surface area contributed by atoms with Crippen molar-refractivity contribution in [1.29, 1.82) is 0 Å². The van der Waals surface area contributed by atoms with Gasteiger partial charge < -0.3 is 9.05 Å². The van der Waals surface area contributed by atoms with Gasteiger partial charge in [0.15, 0.2) is 0 Å². The molecular weight excluding hydrogens is 242 g/mol. The van der Waals surface area contributed by atoms with E-state index in [9.17, 15) is 8.96 Å². The summed E-state index contributed by atoms with van der Waals surface area (Å²) in [5.41, 5.74) is -0.343. The summed E-state index contributed by atoms with van der Waals surface area (Å²) in [4.78, 5) is 0. The molecule has 0 fully saturated rings. The van der Waals surface area contributed by atoms with Crippen LogP contribution in [0.25, 0.3) is 0 Å². The van der Waals surface area contributed by atoms with E-state index in [-0.39, 0.29) is 18.1 Å². The standard InChI is InChI=1S/C12H24FO3P/c1-8(2)11(7)12(13)17(14,15-9(3)4)16-10(5)6/h8-10H,1-7H3/b12-11+. The number of halogens is 1. The van der Waals surface area contributed by atoms with Crippen molar-refractivity contribution in [2.24, 2.45) is 5.92 Å². The molecule has 0 N–H and O–H groups in total. The van der Waals surface area contributed by atoms with Crippen LogP contribution in [-0.2, 0) is 13.6 Å². The highest BCUT2D eigenvalue weighted by atomic mass is 31.2. The molecular formula is C12H24FO3P. The first-order chi connectivity index (χ1) is 7.60. The molecule has 0 aromatic carbocycles. The zero-order chi connectivity index (χ0) is 13.8. The van der Waals surface area contributed by atoms with Gasteiger partial charge in [-0.1, -0.05) is 13.8 Å². The number of hydrogen-bond acceptors (Lipinski definition) is 3. The van der Waals surface area contributed by atoms with Crippen LogP contribution in [0.1, 0.15) is 48.5 Å². The third kappa shape index (κ3) is 5.33. The predicted octanol–water partition coefficient (Wildman–Crippen LogP) is 4.89. The maximum atomic E-state index is 14.2. The van der Waals surface area contributed by atoms with E-state index in [1.54, 1.807) is 34.6 Å². The third-order valence-electron chi connectivity index (χ3n) is 2.13. The fourth-order valence-electron chi connectivity index (χ4n) is 1.13. The minimum Gasteiger partial charge on any atom is -0.301 e. The van der Waals surface area contributed by atoms with Crippen LogP contribution < -0.4 is 0 Å². The maximum Gasteiger partial charge on any atom is 0.389 e. The molecule has 0 aliphatic carbocycles. The Morgan fingerprint density at radius 2 is 1.35 bits per heavy atom. The molecule has 0 radical (unpaired) electrons. The Balaban J connectivity index is 5.32. The first-order valence-corrected chi connectivity index (χ1v) is 7.48. The molecule has 0 rings (SSSR count). The van der Waals surface area contributed by atoms with Crippen molar-refractivity contribution >= 4 is 7.60 Å².